The van der Waals surface area contributed by atoms with Gasteiger partial charge in [0.05, 0.1) is 24.2 Å². The maximum atomic E-state index is 12.0. The highest BCUT2D eigenvalue weighted by atomic mass is 32.2. The first-order valence-corrected chi connectivity index (χ1v) is 11.3. The summed E-state index contributed by atoms with van der Waals surface area (Å²) in [5.41, 5.74) is 3.32. The molecule has 1 aliphatic rings. The number of rotatable bonds is 8. The van der Waals surface area contributed by atoms with E-state index in [9.17, 15) is 8.42 Å². The Bertz CT molecular complexity index is 818. The average Bonchev–Trinajstić information content (AvgIpc) is 3.15. The van der Waals surface area contributed by atoms with Crippen LogP contribution in [0.2, 0.25) is 0 Å². The number of sulfone groups is 1. The van der Waals surface area contributed by atoms with Crippen LogP contribution in [0.3, 0.4) is 0 Å². The second-order valence-electron chi connectivity index (χ2n) is 7.42. The molecule has 146 valence electrons. The van der Waals surface area contributed by atoms with E-state index in [2.05, 4.69) is 12.1 Å². The van der Waals surface area contributed by atoms with Crippen molar-refractivity contribution >= 4 is 9.84 Å². The summed E-state index contributed by atoms with van der Waals surface area (Å²) in [5, 5.41) is -0.342. The SMILES string of the molecule is CC(C)S(=O)(=O)Cc1ccc(CCc2ccc(OC3CCOC3)cc2)cc1. The van der Waals surface area contributed by atoms with Crippen molar-refractivity contribution in [3.8, 4) is 5.75 Å². The highest BCUT2D eigenvalue weighted by Gasteiger charge is 2.17. The molecule has 1 fully saturated rings. The van der Waals surface area contributed by atoms with Crippen molar-refractivity contribution in [1.29, 1.82) is 0 Å². The first kappa shape index (κ1) is 19.9. The van der Waals surface area contributed by atoms with Crippen LogP contribution in [-0.2, 0) is 33.2 Å². The highest BCUT2D eigenvalue weighted by Crippen LogP contribution is 2.19. The molecule has 2 aromatic carbocycles. The van der Waals surface area contributed by atoms with Gasteiger partial charge in [0.15, 0.2) is 9.84 Å². The summed E-state index contributed by atoms with van der Waals surface area (Å²) in [5.74, 6) is 1.00. The second-order valence-corrected chi connectivity index (χ2v) is 9.98. The molecule has 0 spiro atoms. The molecule has 27 heavy (non-hydrogen) atoms. The Labute approximate surface area is 162 Å². The Morgan fingerprint density at radius 2 is 1.52 bits per heavy atom. The van der Waals surface area contributed by atoms with Gasteiger partial charge in [-0.2, -0.15) is 0 Å². The molecule has 5 heteroatoms. The van der Waals surface area contributed by atoms with Crippen molar-refractivity contribution in [3.05, 3.63) is 65.2 Å². The molecule has 1 aliphatic heterocycles. The van der Waals surface area contributed by atoms with E-state index in [1.54, 1.807) is 13.8 Å². The Morgan fingerprint density at radius 1 is 0.963 bits per heavy atom. The molecule has 0 radical (unpaired) electrons. The van der Waals surface area contributed by atoms with E-state index in [0.717, 1.165) is 37.2 Å². The van der Waals surface area contributed by atoms with Crippen molar-refractivity contribution in [2.24, 2.45) is 0 Å². The van der Waals surface area contributed by atoms with Gasteiger partial charge >= 0.3 is 0 Å². The lowest BCUT2D eigenvalue weighted by Crippen LogP contribution is -2.16. The summed E-state index contributed by atoms with van der Waals surface area (Å²) in [4.78, 5) is 0. The summed E-state index contributed by atoms with van der Waals surface area (Å²) in [6.07, 6.45) is 2.99. The minimum atomic E-state index is -3.05. The Kier molecular flexibility index (Phi) is 6.55. The van der Waals surface area contributed by atoms with Gasteiger partial charge in [0.25, 0.3) is 0 Å². The smallest absolute Gasteiger partial charge is 0.156 e. The summed E-state index contributed by atoms with van der Waals surface area (Å²) >= 11 is 0. The zero-order valence-electron chi connectivity index (χ0n) is 16.1. The second kappa shape index (κ2) is 8.89. The van der Waals surface area contributed by atoms with Crippen molar-refractivity contribution in [3.63, 3.8) is 0 Å². The van der Waals surface area contributed by atoms with Gasteiger partial charge in [-0.05, 0) is 55.5 Å². The summed E-state index contributed by atoms with van der Waals surface area (Å²) < 4.78 is 35.2. The fourth-order valence-electron chi connectivity index (χ4n) is 3.02. The lowest BCUT2D eigenvalue weighted by molar-refractivity contribution is 0.141. The molecule has 3 rings (SSSR count). The fourth-order valence-corrected chi connectivity index (χ4v) is 4.01. The predicted molar refractivity (Wildman–Crippen MR) is 108 cm³/mol. The molecule has 4 nitrogen and oxygen atoms in total. The van der Waals surface area contributed by atoms with E-state index >= 15 is 0 Å². The van der Waals surface area contributed by atoms with Gasteiger partial charge in [-0.15, -0.1) is 0 Å². The fraction of sp³-hybridized carbons (Fsp3) is 0.455. The van der Waals surface area contributed by atoms with Crippen LogP contribution < -0.4 is 4.74 Å². The normalized spacial score (nSPS) is 17.4. The maximum absolute atomic E-state index is 12.0. The molecule has 2 aromatic rings. The molecule has 0 amide bonds. The molecule has 1 unspecified atom stereocenters. The van der Waals surface area contributed by atoms with Crippen molar-refractivity contribution in [2.45, 2.75) is 50.2 Å². The standard InChI is InChI=1S/C22H28O4S/c1-17(2)27(23,24)16-20-7-5-18(6-8-20)3-4-19-9-11-21(12-10-19)26-22-13-14-25-15-22/h5-12,17,22H,3-4,13-16H2,1-2H3. The van der Waals surface area contributed by atoms with Crippen LogP contribution >= 0.6 is 0 Å². The van der Waals surface area contributed by atoms with Gasteiger partial charge in [0.2, 0.25) is 0 Å². The molecule has 1 heterocycles. The number of ether oxygens (including phenoxy) is 2. The quantitative estimate of drug-likeness (QED) is 0.687. The Balaban J connectivity index is 1.51. The Morgan fingerprint density at radius 3 is 2.04 bits per heavy atom. The predicted octanol–water partition coefficient (Wildman–Crippen LogP) is 3.96. The molecule has 1 atom stereocenters. The van der Waals surface area contributed by atoms with Crippen LogP contribution in [0, 0.1) is 0 Å². The van der Waals surface area contributed by atoms with E-state index in [0.29, 0.717) is 6.61 Å². The van der Waals surface area contributed by atoms with Crippen molar-refractivity contribution in [2.75, 3.05) is 13.2 Å². The van der Waals surface area contributed by atoms with E-state index in [1.807, 2.05) is 36.4 Å². The van der Waals surface area contributed by atoms with Crippen LogP contribution in [-0.4, -0.2) is 33.0 Å². The van der Waals surface area contributed by atoms with E-state index in [4.69, 9.17) is 9.47 Å². The minimum Gasteiger partial charge on any atom is -0.488 e. The van der Waals surface area contributed by atoms with Gasteiger partial charge in [0.1, 0.15) is 11.9 Å². The topological polar surface area (TPSA) is 52.6 Å². The molecular weight excluding hydrogens is 360 g/mol. The monoisotopic (exact) mass is 388 g/mol. The number of benzene rings is 2. The van der Waals surface area contributed by atoms with Gasteiger partial charge in [-0.25, -0.2) is 8.42 Å². The first-order valence-electron chi connectivity index (χ1n) is 9.55. The van der Waals surface area contributed by atoms with E-state index in [1.165, 1.54) is 11.1 Å². The first-order chi connectivity index (χ1) is 12.9. The third kappa shape index (κ3) is 5.81. The van der Waals surface area contributed by atoms with E-state index < -0.39 is 9.84 Å². The van der Waals surface area contributed by atoms with Crippen LogP contribution in [0.5, 0.6) is 5.75 Å². The average molecular weight is 389 g/mol. The molecule has 1 saturated heterocycles. The van der Waals surface area contributed by atoms with E-state index in [-0.39, 0.29) is 17.1 Å². The lowest BCUT2D eigenvalue weighted by atomic mass is 10.0. The number of hydrogen-bond acceptors (Lipinski definition) is 4. The van der Waals surface area contributed by atoms with Crippen molar-refractivity contribution in [1.82, 2.24) is 0 Å². The molecule has 0 aromatic heterocycles. The van der Waals surface area contributed by atoms with Crippen molar-refractivity contribution < 1.29 is 17.9 Å². The van der Waals surface area contributed by atoms with Gasteiger partial charge in [0, 0.05) is 6.42 Å². The zero-order valence-corrected chi connectivity index (χ0v) is 16.9. The van der Waals surface area contributed by atoms with Crippen LogP contribution in [0.15, 0.2) is 48.5 Å². The summed E-state index contributed by atoms with van der Waals surface area (Å²) in [7, 11) is -3.05. The lowest BCUT2D eigenvalue weighted by Gasteiger charge is -2.12. The van der Waals surface area contributed by atoms with Crippen LogP contribution in [0.4, 0.5) is 0 Å². The zero-order chi connectivity index (χ0) is 19.3. The van der Waals surface area contributed by atoms with Gasteiger partial charge in [-0.3, -0.25) is 0 Å². The molecule has 0 N–H and O–H groups in total. The largest absolute Gasteiger partial charge is 0.488 e. The molecule has 0 saturated carbocycles. The molecule has 0 bridgehead atoms. The summed E-state index contributed by atoms with van der Waals surface area (Å²) in [6, 6.07) is 16.2. The summed E-state index contributed by atoms with van der Waals surface area (Å²) in [6.45, 7) is 4.91. The molecule has 0 aliphatic carbocycles. The van der Waals surface area contributed by atoms with Crippen LogP contribution in [0.25, 0.3) is 0 Å². The Hall–Kier alpha value is -1.85. The third-order valence-electron chi connectivity index (χ3n) is 4.93. The number of aryl methyl sites for hydroxylation is 2. The van der Waals surface area contributed by atoms with Crippen LogP contribution in [0.1, 0.15) is 37.0 Å². The minimum absolute atomic E-state index is 0.110. The van der Waals surface area contributed by atoms with Gasteiger partial charge in [-0.1, -0.05) is 36.4 Å². The maximum Gasteiger partial charge on any atom is 0.156 e. The highest BCUT2D eigenvalue weighted by molar-refractivity contribution is 7.91. The molecular formula is C22H28O4S. The number of hydrogen-bond donors (Lipinski definition) is 0. The third-order valence-corrected chi connectivity index (χ3v) is 7.10. The van der Waals surface area contributed by atoms with Gasteiger partial charge < -0.3 is 9.47 Å².